The first-order valence-corrected chi connectivity index (χ1v) is 30.4. The predicted octanol–water partition coefficient (Wildman–Crippen LogP) is -0.792. The fourth-order valence-electron chi connectivity index (χ4n) is 7.11. The van der Waals surface area contributed by atoms with Gasteiger partial charge in [-0.2, -0.15) is 0 Å². The summed E-state index contributed by atoms with van der Waals surface area (Å²) >= 11 is 0. The van der Waals surface area contributed by atoms with Crippen molar-refractivity contribution in [1.29, 1.82) is 0 Å². The molecule has 30 heteroatoms. The second-order valence-electron chi connectivity index (χ2n) is 18.8. The van der Waals surface area contributed by atoms with Gasteiger partial charge in [-0.1, -0.05) is 13.8 Å². The number of Topliss-reactive ketones (excluding diaryl/α,β-unsaturated/α-hetero) is 1. The van der Waals surface area contributed by atoms with Crippen molar-refractivity contribution in [1.82, 2.24) is 37.2 Å². The van der Waals surface area contributed by atoms with E-state index >= 15 is 0 Å². The van der Waals surface area contributed by atoms with E-state index in [9.17, 15) is 63.6 Å². The summed E-state index contributed by atoms with van der Waals surface area (Å²) in [6.45, 7) is 3.36. The Morgan fingerprint density at radius 3 is 0.963 bits per heavy atom. The highest BCUT2D eigenvalue weighted by Crippen LogP contribution is 2.14. The molecule has 0 fully saturated rings. The van der Waals surface area contributed by atoms with Crippen LogP contribution in [0.4, 0.5) is 0 Å². The predicted molar refractivity (Wildman–Crippen MR) is 294 cm³/mol. The van der Waals surface area contributed by atoms with Gasteiger partial charge in [0.1, 0.15) is 11.3 Å². The molecule has 0 atom stereocenters. The first-order chi connectivity index (χ1) is 38.2. The number of sulfonamides is 3. The van der Waals surface area contributed by atoms with Crippen molar-refractivity contribution in [3.8, 4) is 0 Å². The van der Waals surface area contributed by atoms with E-state index in [1.165, 1.54) is 72.8 Å². The molecule has 0 aliphatic rings. The third-order valence-electron chi connectivity index (χ3n) is 11.6. The maximum absolute atomic E-state index is 13.5. The van der Waals surface area contributed by atoms with E-state index in [-0.39, 0.29) is 161 Å². The van der Waals surface area contributed by atoms with E-state index in [4.69, 9.17) is 29.6 Å². The van der Waals surface area contributed by atoms with Crippen LogP contribution in [0.3, 0.4) is 0 Å². The SMILES string of the molecule is CC(C)C(=O)CCCC(=O)NC(COCCC(=O)NCCCNC(=O)c1ccc(S(N)(=O)=O)cc1)(COCCC(=O)NCCCNC(=O)c1ccc(S(N)(=O)=O)cc1)COCCC(=O)NCCCNC(=O)c1ccc(S(N)(=O)=O)cc1. The molecule has 81 heavy (non-hydrogen) atoms. The third kappa shape index (κ3) is 27.5. The number of rotatable bonds is 39. The fourth-order valence-corrected chi connectivity index (χ4v) is 8.66. The summed E-state index contributed by atoms with van der Waals surface area (Å²) in [6, 6.07) is 15.2. The maximum Gasteiger partial charge on any atom is 0.251 e. The fraction of sp³-hybridized carbons (Fsp3) is 0.490. The van der Waals surface area contributed by atoms with Gasteiger partial charge in [0.05, 0.1) is 54.3 Å². The van der Waals surface area contributed by atoms with Crippen molar-refractivity contribution in [3.05, 3.63) is 89.5 Å². The van der Waals surface area contributed by atoms with E-state index in [2.05, 4.69) is 37.2 Å². The van der Waals surface area contributed by atoms with Gasteiger partial charge in [0.25, 0.3) is 17.7 Å². The van der Waals surface area contributed by atoms with Gasteiger partial charge in [0.15, 0.2) is 0 Å². The minimum absolute atomic E-state index is 0.0293. The van der Waals surface area contributed by atoms with Gasteiger partial charge in [-0.25, -0.2) is 40.7 Å². The van der Waals surface area contributed by atoms with Crippen molar-refractivity contribution < 1.29 is 77.8 Å². The molecule has 27 nitrogen and oxygen atoms in total. The first-order valence-electron chi connectivity index (χ1n) is 25.8. The second kappa shape index (κ2) is 34.5. The largest absolute Gasteiger partial charge is 0.378 e. The Hall–Kier alpha value is -6.77. The number of benzene rings is 3. The van der Waals surface area contributed by atoms with Gasteiger partial charge in [-0.15, -0.1) is 0 Å². The lowest BCUT2D eigenvalue weighted by Crippen LogP contribution is -2.58. The Morgan fingerprint density at radius 1 is 0.407 bits per heavy atom. The van der Waals surface area contributed by atoms with Crippen LogP contribution < -0.4 is 52.6 Å². The first kappa shape index (κ1) is 68.5. The van der Waals surface area contributed by atoms with E-state index in [1.807, 2.05) is 0 Å². The normalized spacial score (nSPS) is 11.8. The van der Waals surface area contributed by atoms with E-state index < -0.39 is 77.0 Å². The highest BCUT2D eigenvalue weighted by molar-refractivity contribution is 7.89. The van der Waals surface area contributed by atoms with Gasteiger partial charge in [-0.3, -0.25) is 38.4 Å². The van der Waals surface area contributed by atoms with Gasteiger partial charge in [0.2, 0.25) is 53.7 Å². The molecule has 3 aromatic carbocycles. The summed E-state index contributed by atoms with van der Waals surface area (Å²) in [7, 11) is -11.8. The maximum atomic E-state index is 13.5. The zero-order valence-corrected chi connectivity index (χ0v) is 47.7. The molecule has 0 spiro atoms. The number of nitrogens with one attached hydrogen (secondary N) is 7. The quantitative estimate of drug-likeness (QED) is 0.0313. The topological polar surface area (TPSA) is 429 Å². The Balaban J connectivity index is 1.58. The molecule has 0 saturated carbocycles. The lowest BCUT2D eigenvalue weighted by Gasteiger charge is -2.34. The molecule has 0 radical (unpaired) electrons. The Bertz CT molecular complexity index is 2650. The molecule has 0 aliphatic carbocycles. The van der Waals surface area contributed by atoms with Crippen LogP contribution in [-0.4, -0.2) is 157 Å². The van der Waals surface area contributed by atoms with Gasteiger partial charge in [0, 0.05) is 94.0 Å². The zero-order chi connectivity index (χ0) is 60.1. The Morgan fingerprint density at radius 2 is 0.691 bits per heavy atom. The summed E-state index contributed by atoms with van der Waals surface area (Å²) in [5.74, 6) is -3.32. The van der Waals surface area contributed by atoms with Crippen LogP contribution >= 0.6 is 0 Å². The number of hydrogen-bond donors (Lipinski definition) is 10. The van der Waals surface area contributed by atoms with Gasteiger partial charge in [-0.05, 0) is 98.5 Å². The summed E-state index contributed by atoms with van der Waals surface area (Å²) in [4.78, 5) is 101. The highest BCUT2D eigenvalue weighted by Gasteiger charge is 2.34. The number of ketones is 1. The molecule has 0 heterocycles. The summed E-state index contributed by atoms with van der Waals surface area (Å²) in [5, 5.41) is 34.4. The smallest absolute Gasteiger partial charge is 0.251 e. The molecule has 0 saturated heterocycles. The van der Waals surface area contributed by atoms with Crippen LogP contribution in [0.2, 0.25) is 0 Å². The highest BCUT2D eigenvalue weighted by atomic mass is 32.2. The molecular weight excluding hydrogens is 1120 g/mol. The van der Waals surface area contributed by atoms with Crippen LogP contribution in [0, 0.1) is 5.92 Å². The van der Waals surface area contributed by atoms with Crippen molar-refractivity contribution in [3.63, 3.8) is 0 Å². The van der Waals surface area contributed by atoms with Crippen molar-refractivity contribution in [2.45, 2.75) is 91.9 Å². The number of primary sulfonamides is 3. The Kier molecular flexibility index (Phi) is 29.2. The van der Waals surface area contributed by atoms with Crippen LogP contribution in [0.5, 0.6) is 0 Å². The minimum atomic E-state index is -3.93. The lowest BCUT2D eigenvalue weighted by atomic mass is 10.0. The monoisotopic (exact) mass is 1190 g/mol. The number of nitrogens with two attached hydrogens (primary N) is 3. The van der Waals surface area contributed by atoms with E-state index in [0.717, 1.165) is 0 Å². The molecule has 0 aromatic heterocycles. The minimum Gasteiger partial charge on any atom is -0.378 e. The van der Waals surface area contributed by atoms with Crippen molar-refractivity contribution >= 4 is 77.2 Å². The molecule has 0 bridgehead atoms. The number of amides is 7. The molecule has 0 unspecified atom stereocenters. The average molecular weight is 1200 g/mol. The van der Waals surface area contributed by atoms with Crippen LogP contribution in [-0.2, 0) is 68.3 Å². The number of ether oxygens (including phenoxy) is 3. The van der Waals surface area contributed by atoms with Crippen molar-refractivity contribution in [2.75, 3.05) is 78.9 Å². The van der Waals surface area contributed by atoms with Crippen LogP contribution in [0.15, 0.2) is 87.5 Å². The second-order valence-corrected chi connectivity index (χ2v) is 23.5. The molecule has 3 rings (SSSR count). The summed E-state index contributed by atoms with van der Waals surface area (Å²) in [6.07, 6.45) is 0.999. The molecule has 3 aromatic rings. The lowest BCUT2D eigenvalue weighted by molar-refractivity contribution is -0.131. The van der Waals surface area contributed by atoms with Crippen LogP contribution in [0.25, 0.3) is 0 Å². The molecule has 0 aliphatic heterocycles. The van der Waals surface area contributed by atoms with Gasteiger partial charge < -0.3 is 51.4 Å². The molecule has 7 amide bonds. The number of carbonyl (C=O) groups is 8. The average Bonchev–Trinajstić information content (AvgIpc) is 3.41. The van der Waals surface area contributed by atoms with Crippen molar-refractivity contribution in [2.24, 2.45) is 21.3 Å². The van der Waals surface area contributed by atoms with Crippen LogP contribution in [0.1, 0.15) is 103 Å². The summed E-state index contributed by atoms with van der Waals surface area (Å²) < 4.78 is 86.9. The molecule has 448 valence electrons. The molecular formula is C51H74N10O17S3. The van der Waals surface area contributed by atoms with E-state index in [1.54, 1.807) is 13.8 Å². The van der Waals surface area contributed by atoms with Gasteiger partial charge >= 0.3 is 0 Å². The number of hydrogen-bond acceptors (Lipinski definition) is 17. The third-order valence-corrected chi connectivity index (χ3v) is 14.4. The molecule has 13 N–H and O–H groups in total. The van der Waals surface area contributed by atoms with E-state index in [0.29, 0.717) is 19.3 Å². The summed E-state index contributed by atoms with van der Waals surface area (Å²) in [5.41, 5.74) is -0.826. The standard InChI is InChI=1S/C51H74N10O17S3/c1-36(2)43(62)7-3-8-47(66)61-51(33-76-30-21-44(63)55-24-4-27-58-48(67)37-9-15-40(16-10-37)79(52,70)71,34-77-31-22-45(64)56-25-5-28-59-49(68)38-11-17-41(18-12-38)80(53,72)73)35-78-32-23-46(65)57-26-6-29-60-50(69)39-13-19-42(20-14-39)81(54,74)75/h9-20,36H,3-8,21-35H2,1-2H3,(H,55,63)(H,56,64)(H,57,65)(H,58,67)(H,59,68)(H,60,69)(H,61,66)(H2,52,70,71)(H2,53,72,73)(H2,54,74,75). The Labute approximate surface area is 471 Å². The zero-order valence-electron chi connectivity index (χ0n) is 45.3. The number of carbonyl (C=O) groups excluding carboxylic acids is 8.